The van der Waals surface area contributed by atoms with E-state index in [1.54, 1.807) is 6.07 Å². The van der Waals surface area contributed by atoms with Crippen LogP contribution < -0.4 is 5.32 Å². The molecule has 0 saturated carbocycles. The van der Waals surface area contributed by atoms with Gasteiger partial charge >= 0.3 is 0 Å². The molecule has 0 saturated heterocycles. The van der Waals surface area contributed by atoms with Gasteiger partial charge in [-0.2, -0.15) is 0 Å². The maximum absolute atomic E-state index is 12.1. The number of Topliss-reactive ketones (excluding diaryl/α,β-unsaturated/α-hetero) is 1. The Hall–Kier alpha value is -1.94. The molecule has 1 amide bonds. The van der Waals surface area contributed by atoms with Crippen LogP contribution in [0.25, 0.3) is 0 Å². The largest absolute Gasteiger partial charge is 0.344 e. The lowest BCUT2D eigenvalue weighted by atomic mass is 10.0. The molecule has 1 heterocycles. The second-order valence-corrected chi connectivity index (χ2v) is 5.35. The van der Waals surface area contributed by atoms with Gasteiger partial charge in [0.1, 0.15) is 0 Å². The molecule has 0 atom stereocenters. The molecular formula is C15H15NO2S. The van der Waals surface area contributed by atoms with Gasteiger partial charge in [-0.25, -0.2) is 0 Å². The summed E-state index contributed by atoms with van der Waals surface area (Å²) in [5.41, 5.74) is 2.64. The summed E-state index contributed by atoms with van der Waals surface area (Å²) in [4.78, 5) is 24.4. The van der Waals surface area contributed by atoms with E-state index < -0.39 is 0 Å². The normalized spacial score (nSPS) is 10.2. The van der Waals surface area contributed by atoms with Gasteiger partial charge in [0.25, 0.3) is 5.91 Å². The fourth-order valence-corrected chi connectivity index (χ4v) is 2.43. The van der Waals surface area contributed by atoms with Crippen molar-refractivity contribution >= 4 is 23.0 Å². The highest BCUT2D eigenvalue weighted by atomic mass is 32.1. The molecule has 1 aromatic heterocycles. The predicted molar refractivity (Wildman–Crippen MR) is 76.9 cm³/mol. The Morgan fingerprint density at radius 3 is 2.68 bits per heavy atom. The van der Waals surface area contributed by atoms with Gasteiger partial charge in [0.2, 0.25) is 0 Å². The molecular weight excluding hydrogens is 258 g/mol. The van der Waals surface area contributed by atoms with Crippen molar-refractivity contribution in [2.45, 2.75) is 13.8 Å². The van der Waals surface area contributed by atoms with Gasteiger partial charge in [0.15, 0.2) is 5.78 Å². The van der Waals surface area contributed by atoms with Crippen molar-refractivity contribution in [1.29, 1.82) is 0 Å². The van der Waals surface area contributed by atoms with Crippen molar-refractivity contribution in [3.8, 4) is 0 Å². The lowest BCUT2D eigenvalue weighted by molar-refractivity contribution is 0.0906. The number of nitrogens with one attached hydrogen (secondary N) is 1. The summed E-state index contributed by atoms with van der Waals surface area (Å²) >= 11 is 1.36. The number of ketones is 1. The molecule has 0 unspecified atom stereocenters. The smallest absolute Gasteiger partial charge is 0.261 e. The van der Waals surface area contributed by atoms with E-state index in [2.05, 4.69) is 5.32 Å². The Morgan fingerprint density at radius 2 is 2.00 bits per heavy atom. The minimum absolute atomic E-state index is 0.0288. The van der Waals surface area contributed by atoms with Gasteiger partial charge < -0.3 is 5.32 Å². The lowest BCUT2D eigenvalue weighted by Gasteiger charge is -2.07. The van der Waals surface area contributed by atoms with Crippen LogP contribution in [0.3, 0.4) is 0 Å². The van der Waals surface area contributed by atoms with Crippen LogP contribution in [-0.4, -0.2) is 18.2 Å². The lowest BCUT2D eigenvalue weighted by Crippen LogP contribution is -2.29. The van der Waals surface area contributed by atoms with Gasteiger partial charge in [0, 0.05) is 5.56 Å². The monoisotopic (exact) mass is 273 g/mol. The Bertz CT molecular complexity index is 603. The first-order chi connectivity index (χ1) is 9.08. The number of amides is 1. The van der Waals surface area contributed by atoms with E-state index in [1.807, 2.05) is 43.5 Å². The number of thiophene rings is 1. The highest BCUT2D eigenvalue weighted by molar-refractivity contribution is 7.12. The third-order valence-electron chi connectivity index (χ3n) is 2.85. The zero-order valence-electron chi connectivity index (χ0n) is 10.9. The number of carbonyl (C=O) groups excluding carboxylic acids is 2. The first-order valence-electron chi connectivity index (χ1n) is 6.00. The zero-order chi connectivity index (χ0) is 13.8. The molecule has 98 valence electrons. The van der Waals surface area contributed by atoms with Crippen molar-refractivity contribution in [1.82, 2.24) is 5.32 Å². The van der Waals surface area contributed by atoms with Crippen LogP contribution in [0.15, 0.2) is 35.7 Å². The van der Waals surface area contributed by atoms with Crippen molar-refractivity contribution in [2.75, 3.05) is 6.54 Å². The molecule has 3 nitrogen and oxygen atoms in total. The zero-order valence-corrected chi connectivity index (χ0v) is 11.7. The minimum atomic E-state index is -0.200. The number of hydrogen-bond donors (Lipinski definition) is 1. The summed E-state index contributed by atoms with van der Waals surface area (Å²) in [5.74, 6) is -0.264. The molecule has 2 aromatic rings. The third kappa shape index (κ3) is 3.29. The molecule has 4 heteroatoms. The van der Waals surface area contributed by atoms with Crippen LogP contribution in [0.4, 0.5) is 0 Å². The standard InChI is InChI=1S/C15H15NO2S/c1-10-5-6-11(2)12(8-10)13(17)9-16-15(18)14-4-3-7-19-14/h3-8H,9H2,1-2H3,(H,16,18). The fourth-order valence-electron chi connectivity index (χ4n) is 1.79. The second-order valence-electron chi connectivity index (χ2n) is 4.40. The fraction of sp³-hybridized carbons (Fsp3) is 0.200. The highest BCUT2D eigenvalue weighted by Gasteiger charge is 2.12. The van der Waals surface area contributed by atoms with E-state index in [9.17, 15) is 9.59 Å². The van der Waals surface area contributed by atoms with Crippen molar-refractivity contribution in [2.24, 2.45) is 0 Å². The number of aryl methyl sites for hydroxylation is 2. The van der Waals surface area contributed by atoms with Gasteiger partial charge in [-0.15, -0.1) is 11.3 Å². The topological polar surface area (TPSA) is 46.2 Å². The van der Waals surface area contributed by atoms with Crippen molar-refractivity contribution in [3.05, 3.63) is 57.3 Å². The van der Waals surface area contributed by atoms with Crippen molar-refractivity contribution < 1.29 is 9.59 Å². The van der Waals surface area contributed by atoms with E-state index in [-0.39, 0.29) is 18.2 Å². The Morgan fingerprint density at radius 1 is 1.21 bits per heavy atom. The van der Waals surface area contributed by atoms with Gasteiger partial charge in [0.05, 0.1) is 11.4 Å². The van der Waals surface area contributed by atoms with Crippen LogP contribution in [-0.2, 0) is 0 Å². The van der Waals surface area contributed by atoms with Crippen molar-refractivity contribution in [3.63, 3.8) is 0 Å². The first-order valence-corrected chi connectivity index (χ1v) is 6.88. The highest BCUT2D eigenvalue weighted by Crippen LogP contribution is 2.11. The quantitative estimate of drug-likeness (QED) is 0.870. The second kappa shape index (κ2) is 5.80. The Balaban J connectivity index is 2.02. The molecule has 0 fully saturated rings. The molecule has 0 bridgehead atoms. The summed E-state index contributed by atoms with van der Waals surface area (Å²) in [6, 6.07) is 9.30. The van der Waals surface area contributed by atoms with E-state index in [0.717, 1.165) is 11.1 Å². The Kier molecular flexibility index (Phi) is 4.12. The maximum Gasteiger partial charge on any atom is 0.261 e. The molecule has 19 heavy (non-hydrogen) atoms. The average Bonchev–Trinajstić information content (AvgIpc) is 2.92. The molecule has 2 rings (SSSR count). The van der Waals surface area contributed by atoms with Gasteiger partial charge in [-0.1, -0.05) is 23.8 Å². The van der Waals surface area contributed by atoms with Crippen LogP contribution in [0, 0.1) is 13.8 Å². The number of rotatable bonds is 4. The number of carbonyl (C=O) groups is 2. The van der Waals surface area contributed by atoms with E-state index in [0.29, 0.717) is 10.4 Å². The van der Waals surface area contributed by atoms with Gasteiger partial charge in [-0.3, -0.25) is 9.59 Å². The summed E-state index contributed by atoms with van der Waals surface area (Å²) in [7, 11) is 0. The maximum atomic E-state index is 12.1. The van der Waals surface area contributed by atoms with E-state index in [4.69, 9.17) is 0 Å². The molecule has 0 radical (unpaired) electrons. The SMILES string of the molecule is Cc1ccc(C)c(C(=O)CNC(=O)c2cccs2)c1. The summed E-state index contributed by atoms with van der Waals surface area (Å²) in [5, 5.41) is 4.49. The third-order valence-corrected chi connectivity index (χ3v) is 3.72. The van der Waals surface area contributed by atoms with Crippen LogP contribution in [0.1, 0.15) is 31.2 Å². The molecule has 0 aliphatic rings. The molecule has 0 spiro atoms. The van der Waals surface area contributed by atoms with Crippen LogP contribution in [0.5, 0.6) is 0 Å². The molecule has 0 aliphatic heterocycles. The van der Waals surface area contributed by atoms with Gasteiger partial charge in [-0.05, 0) is 36.9 Å². The average molecular weight is 273 g/mol. The van der Waals surface area contributed by atoms with Crippen LogP contribution >= 0.6 is 11.3 Å². The minimum Gasteiger partial charge on any atom is -0.344 e. The van der Waals surface area contributed by atoms with E-state index in [1.165, 1.54) is 11.3 Å². The van der Waals surface area contributed by atoms with E-state index >= 15 is 0 Å². The first kappa shape index (κ1) is 13.5. The summed E-state index contributed by atoms with van der Waals surface area (Å²) < 4.78 is 0. The number of benzene rings is 1. The summed E-state index contributed by atoms with van der Waals surface area (Å²) in [6.45, 7) is 3.87. The Labute approximate surface area is 116 Å². The predicted octanol–water partition coefficient (Wildman–Crippen LogP) is 2.98. The molecule has 0 aliphatic carbocycles. The molecule has 1 aromatic carbocycles. The number of hydrogen-bond acceptors (Lipinski definition) is 3. The van der Waals surface area contributed by atoms with Crippen LogP contribution in [0.2, 0.25) is 0 Å². The summed E-state index contributed by atoms with van der Waals surface area (Å²) in [6.07, 6.45) is 0. The molecule has 1 N–H and O–H groups in total.